The zero-order valence-corrected chi connectivity index (χ0v) is 16.9. The number of carbonyl (C=O) groups excluding carboxylic acids is 1. The standard InChI is InChI=1S/C20H30N6O/c1-14-18(15(2)26(5)25-14)10-12-24-20(22-4)23-11-9-16-7-6-8-17(13-16)19(27)21-3/h6-8,13H,9-12H2,1-5H3,(H,21,27)(H2,22,23,24). The third-order valence-electron chi connectivity index (χ3n) is 4.67. The maximum atomic E-state index is 11.7. The first-order chi connectivity index (χ1) is 13.0. The van der Waals surface area contributed by atoms with Gasteiger partial charge in [-0.05, 0) is 49.9 Å². The van der Waals surface area contributed by atoms with E-state index in [1.807, 2.05) is 42.9 Å². The molecule has 2 aromatic rings. The fraction of sp³-hybridized carbons (Fsp3) is 0.450. The lowest BCUT2D eigenvalue weighted by atomic mass is 10.1. The Morgan fingerprint density at radius 2 is 1.89 bits per heavy atom. The van der Waals surface area contributed by atoms with Crippen LogP contribution in [-0.4, -0.2) is 48.8 Å². The predicted molar refractivity (Wildman–Crippen MR) is 109 cm³/mol. The maximum Gasteiger partial charge on any atom is 0.251 e. The summed E-state index contributed by atoms with van der Waals surface area (Å²) in [4.78, 5) is 16.0. The van der Waals surface area contributed by atoms with Crippen LogP contribution in [0.1, 0.15) is 32.9 Å². The number of nitrogens with zero attached hydrogens (tertiary/aromatic N) is 3. The maximum absolute atomic E-state index is 11.7. The first-order valence-corrected chi connectivity index (χ1v) is 9.20. The smallest absolute Gasteiger partial charge is 0.251 e. The molecule has 146 valence electrons. The van der Waals surface area contributed by atoms with Gasteiger partial charge in [0.1, 0.15) is 0 Å². The van der Waals surface area contributed by atoms with Crippen molar-refractivity contribution < 1.29 is 4.79 Å². The minimum Gasteiger partial charge on any atom is -0.356 e. The number of guanidine groups is 1. The minimum atomic E-state index is -0.0664. The number of hydrogen-bond acceptors (Lipinski definition) is 3. The van der Waals surface area contributed by atoms with Gasteiger partial charge in [0.05, 0.1) is 5.69 Å². The van der Waals surface area contributed by atoms with E-state index < -0.39 is 0 Å². The Morgan fingerprint density at radius 3 is 2.48 bits per heavy atom. The summed E-state index contributed by atoms with van der Waals surface area (Å²) in [5, 5.41) is 13.8. The van der Waals surface area contributed by atoms with Gasteiger partial charge in [-0.3, -0.25) is 14.5 Å². The van der Waals surface area contributed by atoms with Crippen molar-refractivity contribution in [3.05, 3.63) is 52.3 Å². The lowest BCUT2D eigenvalue weighted by Crippen LogP contribution is -2.39. The molecule has 7 heteroatoms. The molecule has 1 heterocycles. The Morgan fingerprint density at radius 1 is 1.19 bits per heavy atom. The van der Waals surface area contributed by atoms with Crippen molar-refractivity contribution in [2.24, 2.45) is 12.0 Å². The Kier molecular flexibility index (Phi) is 7.40. The molecule has 0 spiro atoms. The van der Waals surface area contributed by atoms with Crippen LogP contribution in [0, 0.1) is 13.8 Å². The SMILES string of the molecule is CN=C(NCCc1cccc(C(=O)NC)c1)NCCc1c(C)nn(C)c1C. The van der Waals surface area contributed by atoms with Crippen LogP contribution >= 0.6 is 0 Å². The highest BCUT2D eigenvalue weighted by Crippen LogP contribution is 2.11. The summed E-state index contributed by atoms with van der Waals surface area (Å²) in [5.74, 6) is 0.708. The van der Waals surface area contributed by atoms with Crippen LogP contribution in [-0.2, 0) is 19.9 Å². The van der Waals surface area contributed by atoms with Crippen molar-refractivity contribution in [2.45, 2.75) is 26.7 Å². The van der Waals surface area contributed by atoms with Crippen molar-refractivity contribution in [3.63, 3.8) is 0 Å². The van der Waals surface area contributed by atoms with Gasteiger partial charge in [-0.25, -0.2) is 0 Å². The first kappa shape index (κ1) is 20.5. The topological polar surface area (TPSA) is 83.3 Å². The molecule has 0 saturated heterocycles. The van der Waals surface area contributed by atoms with Crippen molar-refractivity contribution >= 4 is 11.9 Å². The molecule has 0 radical (unpaired) electrons. The molecule has 1 aromatic heterocycles. The molecule has 0 atom stereocenters. The number of carbonyl (C=O) groups is 1. The molecule has 0 aliphatic heterocycles. The van der Waals surface area contributed by atoms with Crippen LogP contribution in [0.5, 0.6) is 0 Å². The highest BCUT2D eigenvalue weighted by Gasteiger charge is 2.09. The number of rotatable bonds is 7. The van der Waals surface area contributed by atoms with E-state index in [-0.39, 0.29) is 5.91 Å². The van der Waals surface area contributed by atoms with Gasteiger partial charge in [-0.1, -0.05) is 12.1 Å². The Balaban J connectivity index is 1.80. The van der Waals surface area contributed by atoms with Crippen LogP contribution in [0.25, 0.3) is 0 Å². The summed E-state index contributed by atoms with van der Waals surface area (Å²) in [6.45, 7) is 5.67. The summed E-state index contributed by atoms with van der Waals surface area (Å²) in [7, 11) is 5.38. The van der Waals surface area contributed by atoms with Crippen LogP contribution in [0.3, 0.4) is 0 Å². The monoisotopic (exact) mass is 370 g/mol. The molecule has 0 fully saturated rings. The highest BCUT2D eigenvalue weighted by atomic mass is 16.1. The van der Waals surface area contributed by atoms with Crippen LogP contribution in [0.15, 0.2) is 29.3 Å². The molecule has 3 N–H and O–H groups in total. The molecule has 0 bridgehead atoms. The molecule has 0 saturated carbocycles. The van der Waals surface area contributed by atoms with Crippen LogP contribution in [0.2, 0.25) is 0 Å². The van der Waals surface area contributed by atoms with Gasteiger partial charge in [-0.15, -0.1) is 0 Å². The summed E-state index contributed by atoms with van der Waals surface area (Å²) in [5.41, 5.74) is 5.36. The van der Waals surface area contributed by atoms with E-state index in [0.29, 0.717) is 5.56 Å². The normalized spacial score (nSPS) is 11.4. The highest BCUT2D eigenvalue weighted by molar-refractivity contribution is 5.94. The van der Waals surface area contributed by atoms with Crippen molar-refractivity contribution in [1.29, 1.82) is 0 Å². The number of aliphatic imine (C=N–C) groups is 1. The fourth-order valence-corrected chi connectivity index (χ4v) is 3.04. The fourth-order valence-electron chi connectivity index (χ4n) is 3.04. The Hall–Kier alpha value is -2.83. The zero-order chi connectivity index (χ0) is 19.8. The molecule has 2 rings (SSSR count). The Bertz CT molecular complexity index is 809. The average molecular weight is 371 g/mol. The van der Waals surface area contributed by atoms with E-state index in [4.69, 9.17) is 0 Å². The first-order valence-electron chi connectivity index (χ1n) is 9.20. The van der Waals surface area contributed by atoms with E-state index in [1.165, 1.54) is 11.3 Å². The number of hydrogen-bond donors (Lipinski definition) is 3. The molecule has 1 aromatic carbocycles. The van der Waals surface area contributed by atoms with Gasteiger partial charge in [0, 0.05) is 45.5 Å². The molecule has 7 nitrogen and oxygen atoms in total. The van der Waals surface area contributed by atoms with Crippen LogP contribution in [0.4, 0.5) is 0 Å². The third-order valence-corrected chi connectivity index (χ3v) is 4.67. The number of aromatic nitrogens is 2. The van der Waals surface area contributed by atoms with Gasteiger partial charge in [0.2, 0.25) is 0 Å². The average Bonchev–Trinajstić information content (AvgIpc) is 2.92. The summed E-state index contributed by atoms with van der Waals surface area (Å²) in [6, 6.07) is 7.67. The third kappa shape index (κ3) is 5.57. The number of aryl methyl sites for hydroxylation is 2. The number of benzene rings is 1. The summed E-state index contributed by atoms with van der Waals surface area (Å²) >= 11 is 0. The van der Waals surface area contributed by atoms with E-state index in [2.05, 4.69) is 33.0 Å². The molecule has 0 aliphatic rings. The van der Waals surface area contributed by atoms with Gasteiger partial charge in [0.15, 0.2) is 5.96 Å². The van der Waals surface area contributed by atoms with Gasteiger partial charge in [-0.2, -0.15) is 5.10 Å². The summed E-state index contributed by atoms with van der Waals surface area (Å²) < 4.78 is 1.92. The molecule has 27 heavy (non-hydrogen) atoms. The van der Waals surface area contributed by atoms with E-state index in [0.717, 1.165) is 43.1 Å². The molecule has 0 unspecified atom stereocenters. The van der Waals surface area contributed by atoms with Crippen molar-refractivity contribution in [1.82, 2.24) is 25.7 Å². The van der Waals surface area contributed by atoms with Crippen LogP contribution < -0.4 is 16.0 Å². The van der Waals surface area contributed by atoms with Crippen molar-refractivity contribution in [2.75, 3.05) is 27.2 Å². The second kappa shape index (κ2) is 9.75. The van der Waals surface area contributed by atoms with Gasteiger partial charge >= 0.3 is 0 Å². The van der Waals surface area contributed by atoms with E-state index in [1.54, 1.807) is 14.1 Å². The molecular formula is C20H30N6O. The van der Waals surface area contributed by atoms with E-state index in [9.17, 15) is 4.79 Å². The predicted octanol–water partition coefficient (Wildman–Crippen LogP) is 1.35. The largest absolute Gasteiger partial charge is 0.356 e. The minimum absolute atomic E-state index is 0.0664. The summed E-state index contributed by atoms with van der Waals surface area (Å²) in [6.07, 6.45) is 1.72. The molecular weight excluding hydrogens is 340 g/mol. The Labute approximate surface area is 161 Å². The number of amides is 1. The quantitative estimate of drug-likeness (QED) is 0.507. The van der Waals surface area contributed by atoms with Crippen molar-refractivity contribution in [3.8, 4) is 0 Å². The molecule has 1 amide bonds. The second-order valence-corrected chi connectivity index (χ2v) is 6.48. The van der Waals surface area contributed by atoms with E-state index >= 15 is 0 Å². The van der Waals surface area contributed by atoms with Gasteiger partial charge in [0.25, 0.3) is 5.91 Å². The second-order valence-electron chi connectivity index (χ2n) is 6.48. The molecule has 0 aliphatic carbocycles. The lowest BCUT2D eigenvalue weighted by Gasteiger charge is -2.12. The number of nitrogens with one attached hydrogen (secondary N) is 3. The van der Waals surface area contributed by atoms with Gasteiger partial charge < -0.3 is 16.0 Å². The lowest BCUT2D eigenvalue weighted by molar-refractivity contribution is 0.0963. The zero-order valence-electron chi connectivity index (χ0n) is 16.9.